The summed E-state index contributed by atoms with van der Waals surface area (Å²) in [6.07, 6.45) is 0.536. The van der Waals surface area contributed by atoms with Crippen LogP contribution in [0, 0.1) is 0 Å². The second kappa shape index (κ2) is 13.1. The molecule has 0 bridgehead atoms. The number of amides is 2. The van der Waals surface area contributed by atoms with Crippen molar-refractivity contribution in [2.24, 2.45) is 0 Å². The number of nitrogens with zero attached hydrogens (tertiary/aromatic N) is 1. The van der Waals surface area contributed by atoms with Crippen LogP contribution < -0.4 is 16.0 Å². The average molecular weight is 511 g/mol. The molecule has 3 N–H and O–H groups in total. The van der Waals surface area contributed by atoms with Gasteiger partial charge in [0.05, 0.1) is 22.9 Å². The van der Waals surface area contributed by atoms with Crippen LogP contribution in [0.3, 0.4) is 0 Å². The fourth-order valence-electron chi connectivity index (χ4n) is 3.83. The zero-order valence-electron chi connectivity index (χ0n) is 19.9. The molecule has 2 aromatic carbocycles. The second-order valence-electron chi connectivity index (χ2n) is 8.46. The van der Waals surface area contributed by atoms with E-state index in [9.17, 15) is 14.4 Å². The lowest BCUT2D eigenvalue weighted by molar-refractivity contribution is -0.134. The van der Waals surface area contributed by atoms with Gasteiger partial charge in [-0.3, -0.25) is 9.59 Å². The highest BCUT2D eigenvalue weighted by molar-refractivity contribution is 7.20. The maximum atomic E-state index is 13.3. The number of hydrogen-bond donors (Lipinski definition) is 3. The standard InChI is InChI=1S/C26H30N4O5S/c31-23(25-30-19-10-4-5-12-22(19)36-25)20(29-24(32)21-16-27-14-15-34-21)11-6-7-13-28-26(33)35-17-18-8-2-1-3-9-18/h1-5,8-10,12,20-21,27H,6-7,11,13-17H2,(H,28,33)(H,29,32)/t20-,21?/m0/s1. The Morgan fingerprint density at radius 2 is 1.92 bits per heavy atom. The lowest BCUT2D eigenvalue weighted by Gasteiger charge is -2.25. The molecule has 9 nitrogen and oxygen atoms in total. The van der Waals surface area contributed by atoms with E-state index in [1.165, 1.54) is 11.3 Å². The first-order valence-corrected chi connectivity index (χ1v) is 12.9. The summed E-state index contributed by atoms with van der Waals surface area (Å²) in [5, 5.41) is 9.09. The fourth-order valence-corrected chi connectivity index (χ4v) is 4.79. The van der Waals surface area contributed by atoms with Crippen LogP contribution in [0.1, 0.15) is 34.6 Å². The van der Waals surface area contributed by atoms with E-state index in [-0.39, 0.29) is 18.3 Å². The summed E-state index contributed by atoms with van der Waals surface area (Å²) >= 11 is 1.32. The molecule has 0 aliphatic carbocycles. The highest BCUT2D eigenvalue weighted by Gasteiger charge is 2.29. The van der Waals surface area contributed by atoms with E-state index in [1.807, 2.05) is 54.6 Å². The summed E-state index contributed by atoms with van der Waals surface area (Å²) in [5.41, 5.74) is 1.67. The minimum absolute atomic E-state index is 0.204. The first-order valence-electron chi connectivity index (χ1n) is 12.1. The molecule has 1 unspecified atom stereocenters. The molecule has 2 atom stereocenters. The minimum Gasteiger partial charge on any atom is -0.445 e. The molecule has 36 heavy (non-hydrogen) atoms. The Kier molecular flexibility index (Phi) is 9.37. The molecular formula is C26H30N4O5S. The average Bonchev–Trinajstić information content (AvgIpc) is 3.36. The van der Waals surface area contributed by atoms with Crippen LogP contribution >= 0.6 is 11.3 Å². The first-order chi connectivity index (χ1) is 17.6. The van der Waals surface area contributed by atoms with Crippen molar-refractivity contribution in [3.8, 4) is 0 Å². The maximum absolute atomic E-state index is 13.3. The van der Waals surface area contributed by atoms with Gasteiger partial charge in [0, 0.05) is 19.6 Å². The van der Waals surface area contributed by atoms with Crippen LogP contribution in [0.15, 0.2) is 54.6 Å². The molecule has 1 aromatic heterocycles. The van der Waals surface area contributed by atoms with E-state index in [2.05, 4.69) is 20.9 Å². The van der Waals surface area contributed by atoms with Gasteiger partial charge in [0.15, 0.2) is 5.01 Å². The van der Waals surface area contributed by atoms with Gasteiger partial charge in [0.25, 0.3) is 5.91 Å². The van der Waals surface area contributed by atoms with Crippen LogP contribution in [0.2, 0.25) is 0 Å². The Morgan fingerprint density at radius 1 is 1.11 bits per heavy atom. The Bertz CT molecular complexity index is 1130. The first kappa shape index (κ1) is 25.7. The van der Waals surface area contributed by atoms with Gasteiger partial charge in [0.2, 0.25) is 5.78 Å². The van der Waals surface area contributed by atoms with Gasteiger partial charge < -0.3 is 25.4 Å². The monoisotopic (exact) mass is 510 g/mol. The second-order valence-corrected chi connectivity index (χ2v) is 9.49. The van der Waals surface area contributed by atoms with Gasteiger partial charge in [-0.15, -0.1) is 11.3 Å². The third-order valence-electron chi connectivity index (χ3n) is 5.76. The largest absolute Gasteiger partial charge is 0.445 e. The van der Waals surface area contributed by atoms with E-state index in [0.29, 0.717) is 50.5 Å². The number of ketones is 1. The number of unbranched alkanes of at least 4 members (excludes halogenated alkanes) is 1. The Labute approximate surface area is 213 Å². The summed E-state index contributed by atoms with van der Waals surface area (Å²) < 4.78 is 11.7. The number of aromatic nitrogens is 1. The third-order valence-corrected chi connectivity index (χ3v) is 6.81. The number of nitrogens with one attached hydrogen (secondary N) is 3. The highest BCUT2D eigenvalue weighted by Crippen LogP contribution is 2.23. The van der Waals surface area contributed by atoms with E-state index < -0.39 is 18.2 Å². The topological polar surface area (TPSA) is 119 Å². The van der Waals surface area contributed by atoms with Gasteiger partial charge in [-0.05, 0) is 37.0 Å². The molecule has 0 radical (unpaired) electrons. The van der Waals surface area contributed by atoms with Crippen LogP contribution in [-0.4, -0.2) is 61.2 Å². The molecule has 0 spiro atoms. The van der Waals surface area contributed by atoms with Crippen molar-refractivity contribution in [3.05, 3.63) is 65.2 Å². The number of carbonyl (C=O) groups excluding carboxylic acids is 3. The SMILES string of the molecule is O=C(NCCCC[C@H](NC(=O)C1CNCCO1)C(=O)c1nc2ccccc2s1)OCc1ccccc1. The molecular weight excluding hydrogens is 480 g/mol. The number of carbonyl (C=O) groups is 3. The van der Waals surface area contributed by atoms with Crippen LogP contribution in [0.4, 0.5) is 4.79 Å². The smallest absolute Gasteiger partial charge is 0.407 e. The van der Waals surface area contributed by atoms with E-state index in [1.54, 1.807) is 0 Å². The highest BCUT2D eigenvalue weighted by atomic mass is 32.1. The number of hydrogen-bond acceptors (Lipinski definition) is 8. The van der Waals surface area contributed by atoms with E-state index in [0.717, 1.165) is 15.8 Å². The Morgan fingerprint density at radius 3 is 2.69 bits per heavy atom. The number of ether oxygens (including phenoxy) is 2. The molecule has 1 aliphatic heterocycles. The predicted molar refractivity (Wildman–Crippen MR) is 137 cm³/mol. The third kappa shape index (κ3) is 7.33. The number of Topliss-reactive ketones (excluding diaryl/α,β-unsaturated/α-hetero) is 1. The van der Waals surface area contributed by atoms with Crippen molar-refractivity contribution < 1.29 is 23.9 Å². The fraction of sp³-hybridized carbons (Fsp3) is 0.385. The van der Waals surface area contributed by atoms with Crippen molar-refractivity contribution in [2.75, 3.05) is 26.2 Å². The van der Waals surface area contributed by atoms with Crippen LogP contribution in [-0.2, 0) is 20.9 Å². The minimum atomic E-state index is -0.728. The molecule has 3 aromatic rings. The van der Waals surface area contributed by atoms with E-state index >= 15 is 0 Å². The molecule has 1 saturated heterocycles. The molecule has 2 heterocycles. The lowest BCUT2D eigenvalue weighted by atomic mass is 10.0. The molecule has 1 fully saturated rings. The Balaban J connectivity index is 1.29. The summed E-state index contributed by atoms with van der Waals surface area (Å²) in [4.78, 5) is 42.5. The van der Waals surface area contributed by atoms with Crippen molar-refractivity contribution in [1.29, 1.82) is 0 Å². The van der Waals surface area contributed by atoms with Crippen LogP contribution in [0.5, 0.6) is 0 Å². The number of benzene rings is 2. The van der Waals surface area contributed by atoms with Gasteiger partial charge in [-0.1, -0.05) is 42.5 Å². The molecule has 2 amide bonds. The number of para-hydroxylation sites is 1. The summed E-state index contributed by atoms with van der Waals surface area (Å²) in [5.74, 6) is -0.534. The quantitative estimate of drug-likeness (QED) is 0.268. The normalized spacial score (nSPS) is 16.3. The number of morpholine rings is 1. The number of thiazole rings is 1. The number of fused-ring (bicyclic) bond motifs is 1. The molecule has 0 saturated carbocycles. The van der Waals surface area contributed by atoms with Crippen molar-refractivity contribution in [2.45, 2.75) is 38.0 Å². The summed E-state index contributed by atoms with van der Waals surface area (Å²) in [7, 11) is 0. The zero-order chi connectivity index (χ0) is 25.2. The van der Waals surface area contributed by atoms with Gasteiger partial charge in [0.1, 0.15) is 12.7 Å². The van der Waals surface area contributed by atoms with Gasteiger partial charge >= 0.3 is 6.09 Å². The number of rotatable bonds is 11. The van der Waals surface area contributed by atoms with Crippen molar-refractivity contribution in [1.82, 2.24) is 20.9 Å². The summed E-state index contributed by atoms with van der Waals surface area (Å²) in [6.45, 7) is 2.15. The van der Waals surface area contributed by atoms with Crippen molar-refractivity contribution in [3.63, 3.8) is 0 Å². The maximum Gasteiger partial charge on any atom is 0.407 e. The molecule has 10 heteroatoms. The summed E-state index contributed by atoms with van der Waals surface area (Å²) in [6, 6.07) is 16.3. The van der Waals surface area contributed by atoms with Gasteiger partial charge in [-0.25, -0.2) is 9.78 Å². The zero-order valence-corrected chi connectivity index (χ0v) is 20.7. The van der Waals surface area contributed by atoms with Crippen LogP contribution in [0.25, 0.3) is 10.2 Å². The lowest BCUT2D eigenvalue weighted by Crippen LogP contribution is -2.52. The molecule has 1 aliphatic rings. The number of alkyl carbamates (subject to hydrolysis) is 1. The Hall–Kier alpha value is -3.34. The van der Waals surface area contributed by atoms with Crippen molar-refractivity contribution >= 4 is 39.3 Å². The predicted octanol–water partition coefficient (Wildman–Crippen LogP) is 3.05. The van der Waals surface area contributed by atoms with E-state index in [4.69, 9.17) is 9.47 Å². The molecule has 190 valence electrons. The molecule has 4 rings (SSSR count). The van der Waals surface area contributed by atoms with Gasteiger partial charge in [-0.2, -0.15) is 0 Å².